The fraction of sp³-hybridized carbons (Fsp3) is 0.364. The summed E-state index contributed by atoms with van der Waals surface area (Å²) in [6, 6.07) is 8.07. The zero-order valence-electron chi connectivity index (χ0n) is 14.7. The maximum atomic E-state index is 11.2. The van der Waals surface area contributed by atoms with Gasteiger partial charge in [0.25, 0.3) is 0 Å². The van der Waals surface area contributed by atoms with Gasteiger partial charge in [0.15, 0.2) is 0 Å². The molecular formula is C11H26BrNO2P12. The average molecular weight is 656 g/mol. The zero-order valence-corrected chi connectivity index (χ0v) is 28.9. The molecule has 0 saturated carbocycles. The molecule has 16 heteroatoms. The van der Waals surface area contributed by atoms with E-state index in [1.165, 1.54) is 7.11 Å². The first-order chi connectivity index (χ1) is 12.6. The molecule has 0 bridgehead atoms. The van der Waals surface area contributed by atoms with Crippen molar-refractivity contribution in [3.05, 3.63) is 28.7 Å². The number of carbonyl (C=O) groups excluding carboxylic acids is 1. The van der Waals surface area contributed by atoms with Crippen LogP contribution in [0.3, 0.4) is 0 Å². The van der Waals surface area contributed by atoms with Crippen LogP contribution in [0.2, 0.25) is 0 Å². The second-order valence-corrected chi connectivity index (χ2v) is 51.2. The third-order valence-electron chi connectivity index (χ3n) is 3.42. The molecule has 1 fully saturated rings. The Morgan fingerprint density at radius 3 is 2.00 bits per heavy atom. The van der Waals surface area contributed by atoms with Crippen molar-refractivity contribution in [1.82, 2.24) is 0 Å². The Bertz CT molecular complexity index is 594. The van der Waals surface area contributed by atoms with Gasteiger partial charge in [0, 0.05) is 23.2 Å². The van der Waals surface area contributed by atoms with Gasteiger partial charge in [-0.1, -0.05) is 22.0 Å². The summed E-state index contributed by atoms with van der Waals surface area (Å²) < 4.78 is 5.74. The number of anilines is 1. The molecule has 1 aromatic carbocycles. The highest BCUT2D eigenvalue weighted by molar-refractivity contribution is 9.21. The monoisotopic (exact) mass is 655 g/mol. The SMILES string of the molecule is COC(=O)C1CN(c2cccc(Br)c2)C1.PP(P)P(P)P(P(P)P)P(P)P. The Labute approximate surface area is 193 Å². The van der Waals surface area contributed by atoms with Gasteiger partial charge in [-0.15, -0.1) is 62.5 Å². The molecule has 0 N–H and O–H groups in total. The van der Waals surface area contributed by atoms with Crippen molar-refractivity contribution in [3.63, 3.8) is 0 Å². The van der Waals surface area contributed by atoms with Gasteiger partial charge in [0.2, 0.25) is 0 Å². The fourth-order valence-electron chi connectivity index (χ4n) is 2.10. The van der Waals surface area contributed by atoms with E-state index in [0.717, 1.165) is 23.2 Å². The first-order valence-electron chi connectivity index (χ1n) is 7.40. The van der Waals surface area contributed by atoms with Gasteiger partial charge < -0.3 is 9.64 Å². The number of carbonyl (C=O) groups is 1. The van der Waals surface area contributed by atoms with Crippen LogP contribution in [0.1, 0.15) is 0 Å². The molecule has 1 aliphatic heterocycles. The average Bonchev–Trinajstić information content (AvgIpc) is 2.53. The highest BCUT2D eigenvalue weighted by atomic mass is 79.9. The predicted molar refractivity (Wildman–Crippen MR) is 164 cm³/mol. The minimum Gasteiger partial charge on any atom is -0.469 e. The Balaban J connectivity index is 0.000000279. The number of esters is 1. The third-order valence-corrected chi connectivity index (χ3v) is 70.6. The zero-order chi connectivity index (χ0) is 20.7. The molecule has 0 radical (unpaired) electrons. The minimum atomic E-state index is -0.110. The van der Waals surface area contributed by atoms with E-state index in [0.29, 0.717) is 0 Å². The number of ether oxygens (including phenoxy) is 1. The van der Waals surface area contributed by atoms with Crippen LogP contribution in [0.5, 0.6) is 0 Å². The maximum Gasteiger partial charge on any atom is 0.312 e. The Morgan fingerprint density at radius 2 is 1.63 bits per heavy atom. The van der Waals surface area contributed by atoms with Crippen LogP contribution in [0.15, 0.2) is 28.7 Å². The fourth-order valence-corrected chi connectivity index (χ4v) is 105. The van der Waals surface area contributed by atoms with Crippen molar-refractivity contribution in [2.45, 2.75) is 0 Å². The van der Waals surface area contributed by atoms with Crippen molar-refractivity contribution in [2.75, 3.05) is 25.1 Å². The quantitative estimate of drug-likeness (QED) is 0.227. The molecule has 1 aliphatic rings. The van der Waals surface area contributed by atoms with Crippen LogP contribution in [0, 0.1) is 5.92 Å². The summed E-state index contributed by atoms with van der Waals surface area (Å²) in [5.41, 5.74) is 1.14. The summed E-state index contributed by atoms with van der Waals surface area (Å²) in [6.45, 7) is 2.21. The van der Waals surface area contributed by atoms with Gasteiger partial charge >= 0.3 is 5.97 Å². The van der Waals surface area contributed by atoms with E-state index in [1.807, 2.05) is 24.3 Å². The normalized spacial score (nSPS) is 15.7. The second kappa shape index (κ2) is 15.1. The topological polar surface area (TPSA) is 29.5 Å². The van der Waals surface area contributed by atoms with E-state index in [-0.39, 0.29) is 46.8 Å². The molecule has 8 atom stereocenters. The molecule has 1 heterocycles. The van der Waals surface area contributed by atoms with Gasteiger partial charge in [-0.3, -0.25) is 4.79 Å². The van der Waals surface area contributed by atoms with E-state index in [1.54, 1.807) is 0 Å². The van der Waals surface area contributed by atoms with Crippen LogP contribution in [-0.2, 0) is 9.53 Å². The van der Waals surface area contributed by atoms with Crippen LogP contribution in [0.25, 0.3) is 0 Å². The molecule has 154 valence electrons. The van der Waals surface area contributed by atoms with Gasteiger partial charge in [-0.25, -0.2) is 0 Å². The standard InChI is InChI=1S/C11H12BrNO2.H14P12/c1-15-11(14)8-6-13(7-8)10-4-2-3-9(12)5-10;1-8(2)11(7)12(9(3)4)10(5)6/h2-5,8H,6-7H2,1H3;1-7H2. The lowest BCUT2D eigenvalue weighted by atomic mass is 9.99. The number of hydrogen-bond donors (Lipinski definition) is 0. The highest BCUT2D eigenvalue weighted by Gasteiger charge is 2.33. The van der Waals surface area contributed by atoms with Gasteiger partial charge in [0.1, 0.15) is 0 Å². The van der Waals surface area contributed by atoms with Crippen molar-refractivity contribution < 1.29 is 9.53 Å². The first kappa shape index (κ1) is 29.2. The molecule has 0 aliphatic carbocycles. The maximum absolute atomic E-state index is 11.2. The minimum absolute atomic E-state index is 0.0361. The summed E-state index contributed by atoms with van der Waals surface area (Å²) in [5, 5.41) is 0. The number of benzene rings is 1. The molecule has 1 aromatic rings. The Hall–Kier alpha value is 4.13. The van der Waals surface area contributed by atoms with E-state index < -0.39 is 0 Å². The molecule has 3 nitrogen and oxygen atoms in total. The largest absolute Gasteiger partial charge is 0.469 e. The molecule has 0 amide bonds. The van der Waals surface area contributed by atoms with E-state index in [9.17, 15) is 4.79 Å². The summed E-state index contributed by atoms with van der Waals surface area (Å²) >= 11 is 3.42. The molecular weight excluding hydrogens is 630 g/mol. The molecule has 2 rings (SSSR count). The van der Waals surface area contributed by atoms with E-state index in [2.05, 4.69) is 88.1 Å². The molecule has 1 saturated heterocycles. The van der Waals surface area contributed by atoms with Gasteiger partial charge in [0.05, 0.1) is 13.0 Å². The van der Waals surface area contributed by atoms with Crippen LogP contribution in [0.4, 0.5) is 5.69 Å². The first-order valence-corrected chi connectivity index (χ1v) is 29.0. The summed E-state index contributed by atoms with van der Waals surface area (Å²) in [5.74, 6) is -0.0739. The lowest BCUT2D eigenvalue weighted by Gasteiger charge is -2.39. The summed E-state index contributed by atoms with van der Waals surface area (Å²) in [6.07, 6.45) is 0. The summed E-state index contributed by atoms with van der Waals surface area (Å²) in [4.78, 5) is 13.3. The number of nitrogens with zero attached hydrogens (tertiary/aromatic N) is 1. The predicted octanol–water partition coefficient (Wildman–Crippen LogP) is 8.64. The number of halogens is 1. The number of rotatable bonds is 6. The van der Waals surface area contributed by atoms with Crippen molar-refractivity contribution in [3.8, 4) is 0 Å². The van der Waals surface area contributed by atoms with Crippen LogP contribution < -0.4 is 4.90 Å². The second-order valence-electron chi connectivity index (χ2n) is 5.33. The molecule has 8 unspecified atom stereocenters. The van der Waals surface area contributed by atoms with Crippen molar-refractivity contribution in [2.24, 2.45) is 5.92 Å². The van der Waals surface area contributed by atoms with E-state index >= 15 is 0 Å². The third kappa shape index (κ3) is 10.3. The van der Waals surface area contributed by atoms with Gasteiger partial charge in [-0.05, 0) is 53.1 Å². The Morgan fingerprint density at radius 1 is 1.07 bits per heavy atom. The van der Waals surface area contributed by atoms with Crippen LogP contribution >= 0.6 is 113 Å². The van der Waals surface area contributed by atoms with E-state index in [4.69, 9.17) is 0 Å². The lowest BCUT2D eigenvalue weighted by molar-refractivity contribution is -0.146. The lowest BCUT2D eigenvalue weighted by Crippen LogP contribution is -2.50. The molecule has 0 aromatic heterocycles. The number of methoxy groups -OCH3 is 1. The smallest absolute Gasteiger partial charge is 0.312 e. The van der Waals surface area contributed by atoms with Crippen LogP contribution in [-0.4, -0.2) is 26.2 Å². The van der Waals surface area contributed by atoms with Crippen molar-refractivity contribution in [1.29, 1.82) is 0 Å². The molecule has 0 spiro atoms. The Kier molecular flexibility index (Phi) is 16.3. The highest BCUT2D eigenvalue weighted by Crippen LogP contribution is 3.16. The summed E-state index contributed by atoms with van der Waals surface area (Å²) in [7, 11) is 22.4. The van der Waals surface area contributed by atoms with Gasteiger partial charge in [-0.2, -0.15) is 0 Å². The number of hydrogen-bond acceptors (Lipinski definition) is 3. The molecule has 27 heavy (non-hydrogen) atoms. The van der Waals surface area contributed by atoms with Crippen molar-refractivity contribution >= 4 is 125 Å².